The molecule has 0 radical (unpaired) electrons. The molecule has 0 fully saturated rings. The van der Waals surface area contributed by atoms with Crippen LogP contribution in [-0.2, 0) is 10.0 Å². The number of carbonyl (C=O) groups is 1. The summed E-state index contributed by atoms with van der Waals surface area (Å²) < 4.78 is 27.5. The highest BCUT2D eigenvalue weighted by atomic mass is 35.5. The molecule has 1 amide bonds. The molecule has 3 aromatic carbocycles. The SMILES string of the molecule is Cc1cc(C(=O)Nc2cccc(Cl)c2)ccc1NS(=O)(=O)c1ccc(Cl)cc1. The molecule has 2 N–H and O–H groups in total. The highest BCUT2D eigenvalue weighted by Crippen LogP contribution is 2.23. The molecular weight excluding hydrogens is 419 g/mol. The fourth-order valence-electron chi connectivity index (χ4n) is 2.51. The zero-order valence-electron chi connectivity index (χ0n) is 14.7. The molecule has 0 saturated heterocycles. The van der Waals surface area contributed by atoms with Crippen molar-refractivity contribution in [3.8, 4) is 0 Å². The van der Waals surface area contributed by atoms with Crippen LogP contribution in [-0.4, -0.2) is 14.3 Å². The van der Waals surface area contributed by atoms with Gasteiger partial charge in [0.1, 0.15) is 0 Å². The van der Waals surface area contributed by atoms with E-state index < -0.39 is 10.0 Å². The Morgan fingerprint density at radius 2 is 1.61 bits per heavy atom. The zero-order valence-corrected chi connectivity index (χ0v) is 17.1. The van der Waals surface area contributed by atoms with Gasteiger partial charge in [-0.25, -0.2) is 8.42 Å². The first-order chi connectivity index (χ1) is 13.2. The van der Waals surface area contributed by atoms with Gasteiger partial charge >= 0.3 is 0 Å². The Labute approximate surface area is 173 Å². The summed E-state index contributed by atoms with van der Waals surface area (Å²) in [6.07, 6.45) is 0. The van der Waals surface area contributed by atoms with Crippen molar-refractivity contribution in [3.05, 3.63) is 87.9 Å². The van der Waals surface area contributed by atoms with Gasteiger partial charge in [0.25, 0.3) is 15.9 Å². The third-order valence-electron chi connectivity index (χ3n) is 3.94. The standard InChI is InChI=1S/C20H16Cl2N2O3S/c1-13-11-14(20(25)23-17-4-2-3-16(22)12-17)5-10-19(13)24-28(26,27)18-8-6-15(21)7-9-18/h2-12,24H,1H3,(H,23,25). The molecule has 28 heavy (non-hydrogen) atoms. The fraction of sp³-hybridized carbons (Fsp3) is 0.0500. The lowest BCUT2D eigenvalue weighted by Crippen LogP contribution is -2.15. The van der Waals surface area contributed by atoms with Gasteiger partial charge in [-0.3, -0.25) is 9.52 Å². The second-order valence-corrected chi connectivity index (χ2v) is 8.61. The molecule has 0 bridgehead atoms. The van der Waals surface area contributed by atoms with E-state index in [0.29, 0.717) is 32.5 Å². The van der Waals surface area contributed by atoms with Gasteiger partial charge in [0.2, 0.25) is 0 Å². The summed E-state index contributed by atoms with van der Waals surface area (Å²) in [6, 6.07) is 17.4. The summed E-state index contributed by atoms with van der Waals surface area (Å²) in [5, 5.41) is 3.71. The Morgan fingerprint density at radius 1 is 0.893 bits per heavy atom. The van der Waals surface area contributed by atoms with E-state index in [4.69, 9.17) is 23.2 Å². The quantitative estimate of drug-likeness (QED) is 0.567. The van der Waals surface area contributed by atoms with Gasteiger partial charge in [-0.15, -0.1) is 0 Å². The van der Waals surface area contributed by atoms with Gasteiger partial charge in [0.15, 0.2) is 0 Å². The minimum absolute atomic E-state index is 0.0964. The first kappa shape index (κ1) is 20.2. The number of sulfonamides is 1. The minimum Gasteiger partial charge on any atom is -0.322 e. The third kappa shape index (κ3) is 4.84. The van der Waals surface area contributed by atoms with Crippen LogP contribution < -0.4 is 10.0 Å². The number of hydrogen-bond donors (Lipinski definition) is 2. The monoisotopic (exact) mass is 434 g/mol. The molecular formula is C20H16Cl2N2O3S. The molecule has 0 saturated carbocycles. The number of nitrogens with one attached hydrogen (secondary N) is 2. The molecule has 0 spiro atoms. The molecule has 0 aliphatic carbocycles. The first-order valence-electron chi connectivity index (χ1n) is 8.20. The Morgan fingerprint density at radius 3 is 2.25 bits per heavy atom. The molecule has 3 aromatic rings. The second kappa shape index (κ2) is 8.22. The van der Waals surface area contributed by atoms with E-state index in [0.717, 1.165) is 0 Å². The number of halogens is 2. The van der Waals surface area contributed by atoms with Crippen molar-refractivity contribution < 1.29 is 13.2 Å². The summed E-state index contributed by atoms with van der Waals surface area (Å²) in [7, 11) is -3.76. The molecule has 8 heteroatoms. The molecule has 0 aliphatic rings. The van der Waals surface area contributed by atoms with E-state index in [1.165, 1.54) is 24.3 Å². The summed E-state index contributed by atoms with van der Waals surface area (Å²) in [5.74, 6) is -0.322. The highest BCUT2D eigenvalue weighted by Gasteiger charge is 2.16. The van der Waals surface area contributed by atoms with E-state index in [9.17, 15) is 13.2 Å². The van der Waals surface area contributed by atoms with Crippen LogP contribution in [0.5, 0.6) is 0 Å². The van der Waals surface area contributed by atoms with E-state index in [1.54, 1.807) is 49.4 Å². The van der Waals surface area contributed by atoms with Crippen LogP contribution in [0.15, 0.2) is 71.6 Å². The van der Waals surface area contributed by atoms with Crippen molar-refractivity contribution >= 4 is 50.5 Å². The molecule has 3 rings (SSSR count). The number of rotatable bonds is 5. The summed E-state index contributed by atoms with van der Waals surface area (Å²) in [5.41, 5.74) is 1.96. The molecule has 0 unspecified atom stereocenters. The van der Waals surface area contributed by atoms with E-state index >= 15 is 0 Å². The predicted octanol–water partition coefficient (Wildman–Crippen LogP) is 5.35. The van der Waals surface area contributed by atoms with Crippen LogP contribution in [0, 0.1) is 6.92 Å². The van der Waals surface area contributed by atoms with E-state index in [-0.39, 0.29) is 10.8 Å². The Balaban J connectivity index is 1.78. The molecule has 144 valence electrons. The second-order valence-electron chi connectivity index (χ2n) is 6.05. The average molecular weight is 435 g/mol. The lowest BCUT2D eigenvalue weighted by Gasteiger charge is -2.12. The van der Waals surface area contributed by atoms with Crippen molar-refractivity contribution in [1.82, 2.24) is 0 Å². The lowest BCUT2D eigenvalue weighted by atomic mass is 10.1. The van der Waals surface area contributed by atoms with Crippen molar-refractivity contribution in [2.24, 2.45) is 0 Å². The normalized spacial score (nSPS) is 11.1. The largest absolute Gasteiger partial charge is 0.322 e. The Bertz CT molecular complexity index is 1130. The maximum Gasteiger partial charge on any atom is 0.261 e. The topological polar surface area (TPSA) is 75.3 Å². The van der Waals surface area contributed by atoms with Crippen molar-refractivity contribution in [2.45, 2.75) is 11.8 Å². The van der Waals surface area contributed by atoms with E-state index in [1.807, 2.05) is 0 Å². The zero-order chi connectivity index (χ0) is 20.3. The molecule has 0 atom stereocenters. The number of anilines is 2. The fourth-order valence-corrected chi connectivity index (χ4v) is 3.95. The highest BCUT2D eigenvalue weighted by molar-refractivity contribution is 7.92. The lowest BCUT2D eigenvalue weighted by molar-refractivity contribution is 0.102. The van der Waals surface area contributed by atoms with Crippen LogP contribution in [0.4, 0.5) is 11.4 Å². The Kier molecular flexibility index (Phi) is 5.93. The van der Waals surface area contributed by atoms with Crippen LogP contribution in [0.25, 0.3) is 0 Å². The first-order valence-corrected chi connectivity index (χ1v) is 10.4. The minimum atomic E-state index is -3.76. The van der Waals surface area contributed by atoms with E-state index in [2.05, 4.69) is 10.0 Å². The third-order valence-corrected chi connectivity index (χ3v) is 5.81. The predicted molar refractivity (Wildman–Crippen MR) is 113 cm³/mol. The van der Waals surface area contributed by atoms with Gasteiger partial charge in [-0.05, 0) is 73.2 Å². The van der Waals surface area contributed by atoms with Crippen molar-refractivity contribution in [2.75, 3.05) is 10.0 Å². The van der Waals surface area contributed by atoms with Crippen molar-refractivity contribution in [3.63, 3.8) is 0 Å². The number of benzene rings is 3. The smallest absolute Gasteiger partial charge is 0.261 e. The molecule has 0 heterocycles. The van der Waals surface area contributed by atoms with Gasteiger partial charge < -0.3 is 5.32 Å². The van der Waals surface area contributed by atoms with Crippen LogP contribution in [0.3, 0.4) is 0 Å². The number of amides is 1. The Hall–Kier alpha value is -2.54. The summed E-state index contributed by atoms with van der Waals surface area (Å²) in [6.45, 7) is 1.72. The number of carbonyl (C=O) groups excluding carboxylic acids is 1. The summed E-state index contributed by atoms with van der Waals surface area (Å²) >= 11 is 11.7. The average Bonchev–Trinajstić information content (AvgIpc) is 2.63. The number of aryl methyl sites for hydroxylation is 1. The molecule has 0 aliphatic heterocycles. The molecule has 5 nitrogen and oxygen atoms in total. The van der Waals surface area contributed by atoms with Gasteiger partial charge in [0.05, 0.1) is 10.6 Å². The van der Waals surface area contributed by atoms with Crippen LogP contribution in [0.2, 0.25) is 10.0 Å². The maximum absolute atomic E-state index is 12.5. The van der Waals surface area contributed by atoms with Crippen LogP contribution >= 0.6 is 23.2 Å². The molecule has 0 aromatic heterocycles. The summed E-state index contributed by atoms with van der Waals surface area (Å²) in [4.78, 5) is 12.5. The van der Waals surface area contributed by atoms with Gasteiger partial charge in [-0.2, -0.15) is 0 Å². The van der Waals surface area contributed by atoms with Crippen molar-refractivity contribution in [1.29, 1.82) is 0 Å². The number of hydrogen-bond acceptors (Lipinski definition) is 3. The maximum atomic E-state index is 12.5. The van der Waals surface area contributed by atoms with Crippen LogP contribution in [0.1, 0.15) is 15.9 Å². The van der Waals surface area contributed by atoms with Gasteiger partial charge in [0, 0.05) is 21.3 Å². The van der Waals surface area contributed by atoms with Gasteiger partial charge in [-0.1, -0.05) is 29.3 Å².